The van der Waals surface area contributed by atoms with Gasteiger partial charge in [-0.15, -0.1) is 0 Å². The number of nitrogens with zero attached hydrogens (tertiary/aromatic N) is 3. The van der Waals surface area contributed by atoms with Gasteiger partial charge in [0.05, 0.1) is 17.3 Å². The first-order valence-electron chi connectivity index (χ1n) is 17.0. The molecule has 1 amide bonds. The molecule has 4 aromatic rings. The number of rotatable bonds is 17. The van der Waals surface area contributed by atoms with Crippen molar-refractivity contribution in [1.82, 2.24) is 9.88 Å². The van der Waals surface area contributed by atoms with Gasteiger partial charge < -0.3 is 19.9 Å². The third kappa shape index (κ3) is 9.37. The zero-order chi connectivity index (χ0) is 37.2. The fourth-order valence-corrected chi connectivity index (χ4v) is 6.68. The molecule has 0 saturated carbocycles. The van der Waals surface area contributed by atoms with E-state index in [4.69, 9.17) is 32.9 Å². The number of anilines is 1. The molecule has 8 nitrogen and oxygen atoms in total. The van der Waals surface area contributed by atoms with Crippen LogP contribution in [0.1, 0.15) is 78.7 Å². The summed E-state index contributed by atoms with van der Waals surface area (Å²) in [6.07, 6.45) is 7.15. The number of aryl methyl sites for hydroxylation is 3. The summed E-state index contributed by atoms with van der Waals surface area (Å²) in [5.41, 5.74) is 10.3. The number of amides is 1. The number of hydrogen-bond acceptors (Lipinski definition) is 6. The fourth-order valence-electron chi connectivity index (χ4n) is 6.32. The highest BCUT2D eigenvalue weighted by molar-refractivity contribution is 6.37. The molecule has 1 atom stereocenters. The molecule has 1 heterocycles. The lowest BCUT2D eigenvalue weighted by molar-refractivity contribution is -0.109. The van der Waals surface area contributed by atoms with Crippen molar-refractivity contribution in [3.05, 3.63) is 97.8 Å². The summed E-state index contributed by atoms with van der Waals surface area (Å²) >= 11 is 13.5. The van der Waals surface area contributed by atoms with Gasteiger partial charge in [0.2, 0.25) is 6.41 Å². The zero-order valence-electron chi connectivity index (χ0n) is 30.5. The van der Waals surface area contributed by atoms with Crippen LogP contribution in [0.2, 0.25) is 10.0 Å². The largest absolute Gasteiger partial charge is 0.494 e. The number of ether oxygens (including phenoxy) is 1. The van der Waals surface area contributed by atoms with Gasteiger partial charge in [-0.1, -0.05) is 29.3 Å². The lowest BCUT2D eigenvalue weighted by Gasteiger charge is -2.25. The molecule has 0 saturated heterocycles. The molecule has 0 aliphatic carbocycles. The van der Waals surface area contributed by atoms with Gasteiger partial charge in [-0.3, -0.25) is 19.6 Å². The van der Waals surface area contributed by atoms with Crippen LogP contribution in [0.3, 0.4) is 0 Å². The number of benzene rings is 3. The van der Waals surface area contributed by atoms with Crippen molar-refractivity contribution < 1.29 is 14.3 Å². The summed E-state index contributed by atoms with van der Waals surface area (Å²) < 4.78 is 8.30. The normalized spacial score (nSPS) is 13.1. The van der Waals surface area contributed by atoms with E-state index in [1.54, 1.807) is 0 Å². The number of halogens is 2. The van der Waals surface area contributed by atoms with Crippen molar-refractivity contribution in [3.8, 4) is 5.75 Å². The van der Waals surface area contributed by atoms with E-state index in [1.165, 1.54) is 0 Å². The van der Waals surface area contributed by atoms with E-state index < -0.39 is 0 Å². The Morgan fingerprint density at radius 3 is 2.45 bits per heavy atom. The van der Waals surface area contributed by atoms with Gasteiger partial charge in [0, 0.05) is 87.5 Å². The third-order valence-electron chi connectivity index (χ3n) is 8.78. The van der Waals surface area contributed by atoms with E-state index in [-0.39, 0.29) is 6.04 Å². The summed E-state index contributed by atoms with van der Waals surface area (Å²) in [5, 5.41) is 8.70. The van der Waals surface area contributed by atoms with E-state index in [2.05, 4.69) is 39.2 Å². The molecule has 0 unspecified atom stereocenters. The fraction of sp³-hybridized carbons (Fsp3) is 0.317. The summed E-state index contributed by atoms with van der Waals surface area (Å²) in [6, 6.07) is 13.4. The molecular weight excluding hydrogens is 681 g/mol. The summed E-state index contributed by atoms with van der Waals surface area (Å²) in [4.78, 5) is 32.1. The summed E-state index contributed by atoms with van der Waals surface area (Å²) in [7, 11) is 2.00. The predicted molar refractivity (Wildman–Crippen MR) is 216 cm³/mol. The molecule has 0 aliphatic rings. The molecule has 51 heavy (non-hydrogen) atoms. The van der Waals surface area contributed by atoms with Crippen LogP contribution in [0.4, 0.5) is 5.69 Å². The van der Waals surface area contributed by atoms with Gasteiger partial charge in [0.1, 0.15) is 12.0 Å². The lowest BCUT2D eigenvalue weighted by atomic mass is 9.90. The number of aldehydes is 1. The Kier molecular flexibility index (Phi) is 13.8. The third-order valence-corrected chi connectivity index (χ3v) is 9.70. The molecule has 0 spiro atoms. The first-order chi connectivity index (χ1) is 24.4. The Morgan fingerprint density at radius 2 is 1.80 bits per heavy atom. The highest BCUT2D eigenvalue weighted by Gasteiger charge is 2.23. The zero-order valence-corrected chi connectivity index (χ0v) is 32.0. The number of hydrogen-bond donors (Lipinski definition) is 2. The maximum atomic E-state index is 11.8. The number of fused-ring (bicyclic) bond motifs is 1. The number of carbonyl (C=O) groups excluding carboxylic acids is 2. The first-order valence-corrected chi connectivity index (χ1v) is 17.8. The molecule has 0 aliphatic heterocycles. The first kappa shape index (κ1) is 39.1. The standard InChI is InChI=1S/C41H47Cl2N5O3/c1-9-46-29(6)38(28(5)44-7)39-36(42)14-13-34(41(39)47-27(4)21-45-24-50)31(11-10-16-51-33-17-25(2)40(43)26(3)18-33)20-32-22-48(8)37-15-12-30(23-49)19-35(32)37/h12-15,17-20,22-24,27,47H,7,9-11,16,21H2,1-6,8H3,(H,45,50)/b31-20+,38-28+,46-29?/t27-/m1/s1. The summed E-state index contributed by atoms with van der Waals surface area (Å²) in [5.74, 6) is 0.774. The molecule has 0 bridgehead atoms. The predicted octanol–water partition coefficient (Wildman–Crippen LogP) is 9.77. The average Bonchev–Trinajstić information content (AvgIpc) is 3.42. The maximum Gasteiger partial charge on any atom is 0.207 e. The van der Waals surface area contributed by atoms with Crippen LogP contribution in [0, 0.1) is 13.8 Å². The van der Waals surface area contributed by atoms with E-state index in [0.29, 0.717) is 55.2 Å². The van der Waals surface area contributed by atoms with Crippen LogP contribution in [-0.2, 0) is 11.8 Å². The quantitative estimate of drug-likeness (QED) is 0.0643. The summed E-state index contributed by atoms with van der Waals surface area (Å²) in [6.45, 7) is 17.0. The van der Waals surface area contributed by atoms with Gasteiger partial charge in [-0.25, -0.2) is 0 Å². The van der Waals surface area contributed by atoms with Crippen LogP contribution in [-0.4, -0.2) is 55.4 Å². The van der Waals surface area contributed by atoms with Crippen LogP contribution in [0.5, 0.6) is 5.75 Å². The Morgan fingerprint density at radius 1 is 1.08 bits per heavy atom. The van der Waals surface area contributed by atoms with Gasteiger partial charge in [0.15, 0.2) is 0 Å². The Labute approximate surface area is 311 Å². The van der Waals surface area contributed by atoms with Gasteiger partial charge in [-0.05, 0) is 120 Å². The van der Waals surface area contributed by atoms with Crippen LogP contribution < -0.4 is 15.4 Å². The van der Waals surface area contributed by atoms with Crippen molar-refractivity contribution in [2.45, 2.75) is 60.4 Å². The number of nitrogens with one attached hydrogen (secondary N) is 2. The van der Waals surface area contributed by atoms with E-state index >= 15 is 0 Å². The van der Waals surface area contributed by atoms with Gasteiger partial charge >= 0.3 is 0 Å². The molecule has 0 fully saturated rings. The highest BCUT2D eigenvalue weighted by Crippen LogP contribution is 2.42. The molecule has 0 radical (unpaired) electrons. The monoisotopic (exact) mass is 727 g/mol. The lowest BCUT2D eigenvalue weighted by Crippen LogP contribution is -2.30. The van der Waals surface area contributed by atoms with Crippen LogP contribution >= 0.6 is 23.2 Å². The van der Waals surface area contributed by atoms with Gasteiger partial charge in [0.25, 0.3) is 0 Å². The molecule has 10 heteroatoms. The van der Waals surface area contributed by atoms with E-state index in [0.717, 1.165) is 78.3 Å². The SMILES string of the molecule is C=N/C(C)=C(\C(C)=NCC)c1c(Cl)ccc(/C(=C/c2cn(C)c3ccc(C=O)cc23)CCCOc2cc(C)c(Cl)c(C)c2)c1N[C@H](C)CNC=O. The average molecular weight is 729 g/mol. The second-order valence-electron chi connectivity index (χ2n) is 12.7. The number of aromatic nitrogens is 1. The number of carbonyl (C=O) groups is 2. The molecular formula is C41H47Cl2N5O3. The second-order valence-corrected chi connectivity index (χ2v) is 13.5. The minimum absolute atomic E-state index is 0.165. The molecule has 2 N–H and O–H groups in total. The molecule has 1 aromatic heterocycles. The molecule has 3 aromatic carbocycles. The topological polar surface area (TPSA) is 97.1 Å². The Hall–Kier alpha value is -4.66. The molecule has 268 valence electrons. The minimum Gasteiger partial charge on any atom is -0.494 e. The van der Waals surface area contributed by atoms with E-state index in [9.17, 15) is 9.59 Å². The van der Waals surface area contributed by atoms with Crippen LogP contribution in [0.25, 0.3) is 28.1 Å². The van der Waals surface area contributed by atoms with Gasteiger partial charge in [-0.2, -0.15) is 0 Å². The van der Waals surface area contributed by atoms with Crippen molar-refractivity contribution >= 4 is 82.1 Å². The Bertz CT molecular complexity index is 2000. The molecule has 4 rings (SSSR count). The second kappa shape index (κ2) is 18.0. The number of aliphatic imine (C=N–C) groups is 2. The number of allylic oxidation sites excluding steroid dienone is 3. The van der Waals surface area contributed by atoms with Crippen LogP contribution in [0.15, 0.2) is 64.3 Å². The van der Waals surface area contributed by atoms with Crippen molar-refractivity contribution in [3.63, 3.8) is 0 Å². The van der Waals surface area contributed by atoms with Crippen molar-refractivity contribution in [1.29, 1.82) is 0 Å². The Balaban J connectivity index is 1.94. The highest BCUT2D eigenvalue weighted by atomic mass is 35.5. The minimum atomic E-state index is -0.165. The van der Waals surface area contributed by atoms with Crippen molar-refractivity contribution in [2.24, 2.45) is 17.0 Å². The maximum absolute atomic E-state index is 11.8. The smallest absolute Gasteiger partial charge is 0.207 e. The van der Waals surface area contributed by atoms with Crippen molar-refractivity contribution in [2.75, 3.05) is 25.0 Å². The van der Waals surface area contributed by atoms with E-state index in [1.807, 2.05) is 91.1 Å².